The van der Waals surface area contributed by atoms with Gasteiger partial charge in [-0.2, -0.15) is 0 Å². The van der Waals surface area contributed by atoms with Gasteiger partial charge in [0, 0.05) is 5.69 Å². The highest BCUT2D eigenvalue weighted by Gasteiger charge is 2.04. The zero-order valence-corrected chi connectivity index (χ0v) is 10.4. The number of nitrogens with one attached hydrogen (secondary N) is 1. The number of benzene rings is 1. The van der Waals surface area contributed by atoms with Crippen molar-refractivity contribution >= 4 is 17.2 Å². The molecule has 1 aromatic carbocycles. The Bertz CT molecular complexity index is 527. The van der Waals surface area contributed by atoms with Crippen LogP contribution in [0.5, 0.6) is 0 Å². The monoisotopic (exact) mass is 227 g/mol. The molecule has 0 spiro atoms. The number of aryl methyl sites for hydroxylation is 3. The van der Waals surface area contributed by atoms with Gasteiger partial charge < -0.3 is 11.1 Å². The van der Waals surface area contributed by atoms with Crippen LogP contribution in [0.1, 0.15) is 16.8 Å². The summed E-state index contributed by atoms with van der Waals surface area (Å²) in [6.45, 7) is 6.07. The van der Waals surface area contributed by atoms with E-state index in [2.05, 4.69) is 42.3 Å². The summed E-state index contributed by atoms with van der Waals surface area (Å²) in [5.41, 5.74) is 10.9. The molecule has 2 aromatic rings. The van der Waals surface area contributed by atoms with Crippen molar-refractivity contribution in [3.05, 3.63) is 47.2 Å². The molecule has 0 unspecified atom stereocenters. The molecule has 0 aliphatic heterocycles. The third-order valence-electron chi connectivity index (χ3n) is 2.86. The molecule has 0 amide bonds. The van der Waals surface area contributed by atoms with Crippen LogP contribution in [0.25, 0.3) is 0 Å². The number of nitrogens with two attached hydrogens (primary N) is 1. The van der Waals surface area contributed by atoms with Gasteiger partial charge in [0.25, 0.3) is 0 Å². The number of anilines is 3. The molecule has 0 bridgehead atoms. The minimum Gasteiger partial charge on any atom is -0.397 e. The molecule has 0 fully saturated rings. The Morgan fingerprint density at radius 2 is 1.65 bits per heavy atom. The first-order valence-corrected chi connectivity index (χ1v) is 5.64. The van der Waals surface area contributed by atoms with Crippen molar-refractivity contribution in [2.75, 3.05) is 11.1 Å². The van der Waals surface area contributed by atoms with Gasteiger partial charge in [0.1, 0.15) is 5.82 Å². The maximum atomic E-state index is 5.75. The molecule has 0 aliphatic rings. The van der Waals surface area contributed by atoms with E-state index in [-0.39, 0.29) is 0 Å². The second-order valence-electron chi connectivity index (χ2n) is 4.26. The van der Waals surface area contributed by atoms with Gasteiger partial charge >= 0.3 is 0 Å². The number of nitrogen functional groups attached to an aromatic ring is 1. The van der Waals surface area contributed by atoms with Gasteiger partial charge in [0.05, 0.1) is 11.4 Å². The number of rotatable bonds is 2. The van der Waals surface area contributed by atoms with Crippen LogP contribution in [0.2, 0.25) is 0 Å². The van der Waals surface area contributed by atoms with E-state index in [0.29, 0.717) is 0 Å². The van der Waals surface area contributed by atoms with Gasteiger partial charge in [0.2, 0.25) is 0 Å². The van der Waals surface area contributed by atoms with Crippen molar-refractivity contribution in [1.29, 1.82) is 0 Å². The molecule has 17 heavy (non-hydrogen) atoms. The van der Waals surface area contributed by atoms with Gasteiger partial charge in [-0.25, -0.2) is 4.98 Å². The van der Waals surface area contributed by atoms with Crippen LogP contribution in [0.3, 0.4) is 0 Å². The number of para-hydroxylation sites is 1. The van der Waals surface area contributed by atoms with Crippen molar-refractivity contribution in [2.24, 2.45) is 0 Å². The molecule has 0 saturated heterocycles. The van der Waals surface area contributed by atoms with Gasteiger partial charge in [-0.1, -0.05) is 18.2 Å². The second kappa shape index (κ2) is 4.45. The molecule has 88 valence electrons. The number of hydrogen-bond donors (Lipinski definition) is 2. The quantitative estimate of drug-likeness (QED) is 0.827. The number of nitrogens with zero attached hydrogens (tertiary/aromatic N) is 1. The SMILES string of the molecule is Cc1cccc(C)c1Nc1ccc(N)c(C)n1. The van der Waals surface area contributed by atoms with Crippen LogP contribution in [-0.4, -0.2) is 4.98 Å². The average molecular weight is 227 g/mol. The maximum Gasteiger partial charge on any atom is 0.130 e. The van der Waals surface area contributed by atoms with Crippen LogP contribution < -0.4 is 11.1 Å². The molecule has 3 N–H and O–H groups in total. The van der Waals surface area contributed by atoms with Gasteiger partial charge in [-0.3, -0.25) is 0 Å². The van der Waals surface area contributed by atoms with Crippen LogP contribution in [0, 0.1) is 20.8 Å². The van der Waals surface area contributed by atoms with E-state index in [1.54, 1.807) is 0 Å². The summed E-state index contributed by atoms with van der Waals surface area (Å²) in [6, 6.07) is 9.99. The van der Waals surface area contributed by atoms with Crippen LogP contribution in [-0.2, 0) is 0 Å². The summed E-state index contributed by atoms with van der Waals surface area (Å²) in [6.07, 6.45) is 0. The Morgan fingerprint density at radius 3 is 2.24 bits per heavy atom. The maximum absolute atomic E-state index is 5.75. The molecule has 3 nitrogen and oxygen atoms in total. The third-order valence-corrected chi connectivity index (χ3v) is 2.86. The van der Waals surface area contributed by atoms with E-state index in [1.807, 2.05) is 19.1 Å². The minimum absolute atomic E-state index is 0.719. The fourth-order valence-electron chi connectivity index (χ4n) is 1.78. The van der Waals surface area contributed by atoms with E-state index in [9.17, 15) is 0 Å². The molecule has 0 aliphatic carbocycles. The topological polar surface area (TPSA) is 50.9 Å². The molecule has 0 atom stereocenters. The van der Waals surface area contributed by atoms with Crippen molar-refractivity contribution < 1.29 is 0 Å². The van der Waals surface area contributed by atoms with Crippen LogP contribution in [0.15, 0.2) is 30.3 Å². The fourth-order valence-corrected chi connectivity index (χ4v) is 1.78. The summed E-state index contributed by atoms with van der Waals surface area (Å²) in [4.78, 5) is 4.41. The van der Waals surface area contributed by atoms with Crippen LogP contribution in [0.4, 0.5) is 17.2 Å². The van der Waals surface area contributed by atoms with E-state index < -0.39 is 0 Å². The first-order valence-electron chi connectivity index (χ1n) is 5.64. The first kappa shape index (κ1) is 11.5. The summed E-state index contributed by atoms with van der Waals surface area (Å²) >= 11 is 0. The lowest BCUT2D eigenvalue weighted by Crippen LogP contribution is -2.00. The van der Waals surface area contributed by atoms with Crippen molar-refractivity contribution in [1.82, 2.24) is 4.98 Å². The van der Waals surface area contributed by atoms with E-state index >= 15 is 0 Å². The van der Waals surface area contributed by atoms with E-state index in [1.165, 1.54) is 11.1 Å². The Labute approximate surface area is 102 Å². The third kappa shape index (κ3) is 2.38. The van der Waals surface area contributed by atoms with Gasteiger partial charge in [-0.05, 0) is 44.0 Å². The molecular formula is C14H17N3. The molecule has 0 saturated carbocycles. The Hall–Kier alpha value is -2.03. The summed E-state index contributed by atoms with van der Waals surface area (Å²) in [5.74, 6) is 0.828. The highest BCUT2D eigenvalue weighted by Crippen LogP contribution is 2.24. The van der Waals surface area contributed by atoms with E-state index in [4.69, 9.17) is 5.73 Å². The minimum atomic E-state index is 0.719. The lowest BCUT2D eigenvalue weighted by molar-refractivity contribution is 1.20. The van der Waals surface area contributed by atoms with Crippen molar-refractivity contribution in [2.45, 2.75) is 20.8 Å². The normalized spacial score (nSPS) is 10.3. The number of hydrogen-bond acceptors (Lipinski definition) is 3. The molecule has 3 heteroatoms. The van der Waals surface area contributed by atoms with Gasteiger partial charge in [-0.15, -0.1) is 0 Å². The lowest BCUT2D eigenvalue weighted by Gasteiger charge is -2.12. The Morgan fingerprint density at radius 1 is 1.00 bits per heavy atom. The molecule has 1 heterocycles. The summed E-state index contributed by atoms with van der Waals surface area (Å²) in [5, 5.41) is 3.34. The van der Waals surface area contributed by atoms with Gasteiger partial charge in [0.15, 0.2) is 0 Å². The fraction of sp³-hybridized carbons (Fsp3) is 0.214. The Kier molecular flexibility index (Phi) is 3.00. The zero-order chi connectivity index (χ0) is 12.4. The standard InChI is InChI=1S/C14H17N3/c1-9-5-4-6-10(2)14(9)17-13-8-7-12(15)11(3)16-13/h4-8H,15H2,1-3H3,(H,16,17). The van der Waals surface area contributed by atoms with E-state index in [0.717, 1.165) is 22.9 Å². The van der Waals surface area contributed by atoms with Crippen molar-refractivity contribution in [3.63, 3.8) is 0 Å². The molecule has 0 radical (unpaired) electrons. The highest BCUT2D eigenvalue weighted by atomic mass is 15.0. The van der Waals surface area contributed by atoms with Crippen LogP contribution >= 0.6 is 0 Å². The average Bonchev–Trinajstić information content (AvgIpc) is 2.28. The lowest BCUT2D eigenvalue weighted by atomic mass is 10.1. The molecule has 2 rings (SSSR count). The molecular weight excluding hydrogens is 210 g/mol. The number of pyridine rings is 1. The smallest absolute Gasteiger partial charge is 0.130 e. The zero-order valence-electron chi connectivity index (χ0n) is 10.4. The largest absolute Gasteiger partial charge is 0.397 e. The molecule has 1 aromatic heterocycles. The van der Waals surface area contributed by atoms with Crippen molar-refractivity contribution in [3.8, 4) is 0 Å². The summed E-state index contributed by atoms with van der Waals surface area (Å²) < 4.78 is 0. The second-order valence-corrected chi connectivity index (χ2v) is 4.26. The summed E-state index contributed by atoms with van der Waals surface area (Å²) in [7, 11) is 0. The highest BCUT2D eigenvalue weighted by molar-refractivity contribution is 5.65. The predicted molar refractivity (Wildman–Crippen MR) is 72.6 cm³/mol. The predicted octanol–water partition coefficient (Wildman–Crippen LogP) is 3.33. The first-order chi connectivity index (χ1) is 8.08. The number of aromatic nitrogens is 1. The Balaban J connectivity index is 2.35.